The Balaban J connectivity index is 1.70. The van der Waals surface area contributed by atoms with Crippen LogP contribution >= 0.6 is 27.7 Å². The summed E-state index contributed by atoms with van der Waals surface area (Å²) in [6.07, 6.45) is 0. The van der Waals surface area contributed by atoms with Gasteiger partial charge in [0.05, 0.1) is 29.5 Å². The molecule has 0 aliphatic rings. The predicted molar refractivity (Wildman–Crippen MR) is 127 cm³/mol. The molecule has 0 aliphatic carbocycles. The lowest BCUT2D eigenvalue weighted by atomic mass is 10.2. The standard InChI is InChI=1S/C23H18BrN3O3S/c1-30-20-9-5-4-8-19(20)27-22(29)17-6-2-3-7-18(17)26-23(27)31-14-21(28)25-16-12-10-15(24)11-13-16/h2-13H,14H2,1H3,(H,25,28). The minimum atomic E-state index is -0.217. The molecule has 0 saturated carbocycles. The SMILES string of the molecule is COc1ccccc1-n1c(SCC(=O)Nc2ccc(Br)cc2)nc2ccccc2c1=O. The molecule has 8 heteroatoms. The highest BCUT2D eigenvalue weighted by atomic mass is 79.9. The number of methoxy groups -OCH3 is 1. The number of anilines is 1. The number of hydrogen-bond acceptors (Lipinski definition) is 5. The number of nitrogens with one attached hydrogen (secondary N) is 1. The number of nitrogens with zero attached hydrogens (tertiary/aromatic N) is 2. The molecule has 0 aliphatic heterocycles. The predicted octanol–water partition coefficient (Wildman–Crippen LogP) is 4.89. The molecule has 0 unspecified atom stereocenters. The molecule has 1 heterocycles. The van der Waals surface area contributed by atoms with Crippen molar-refractivity contribution in [2.24, 2.45) is 0 Å². The van der Waals surface area contributed by atoms with E-state index in [4.69, 9.17) is 4.74 Å². The lowest BCUT2D eigenvalue weighted by Gasteiger charge is -2.15. The first-order valence-electron chi connectivity index (χ1n) is 9.40. The van der Waals surface area contributed by atoms with Gasteiger partial charge in [-0.05, 0) is 48.5 Å². The third kappa shape index (κ3) is 4.65. The second-order valence-electron chi connectivity index (χ2n) is 6.57. The van der Waals surface area contributed by atoms with Crippen molar-refractivity contribution in [2.45, 2.75) is 5.16 Å². The fourth-order valence-electron chi connectivity index (χ4n) is 3.10. The molecule has 1 N–H and O–H groups in total. The first-order chi connectivity index (χ1) is 15.1. The first kappa shape index (κ1) is 21.1. The average Bonchev–Trinajstić information content (AvgIpc) is 2.79. The molecule has 3 aromatic carbocycles. The second-order valence-corrected chi connectivity index (χ2v) is 8.43. The Morgan fingerprint density at radius 1 is 1.06 bits per heavy atom. The molecule has 0 fully saturated rings. The van der Waals surface area contributed by atoms with E-state index >= 15 is 0 Å². The minimum Gasteiger partial charge on any atom is -0.495 e. The van der Waals surface area contributed by atoms with Crippen LogP contribution in [-0.4, -0.2) is 28.3 Å². The van der Waals surface area contributed by atoms with Crippen LogP contribution in [0.3, 0.4) is 0 Å². The maximum absolute atomic E-state index is 13.3. The van der Waals surface area contributed by atoms with Gasteiger partial charge in [-0.2, -0.15) is 0 Å². The lowest BCUT2D eigenvalue weighted by Crippen LogP contribution is -2.23. The van der Waals surface area contributed by atoms with Crippen LogP contribution in [0.2, 0.25) is 0 Å². The molecule has 1 amide bonds. The Kier molecular flexibility index (Phi) is 6.39. The number of amides is 1. The maximum Gasteiger partial charge on any atom is 0.266 e. The number of halogens is 1. The Hall–Kier alpha value is -3.10. The van der Waals surface area contributed by atoms with Gasteiger partial charge in [-0.1, -0.05) is 52.0 Å². The normalized spacial score (nSPS) is 10.8. The molecule has 0 spiro atoms. The number of ether oxygens (including phenoxy) is 1. The number of thioether (sulfide) groups is 1. The van der Waals surface area contributed by atoms with E-state index in [-0.39, 0.29) is 17.2 Å². The van der Waals surface area contributed by atoms with E-state index in [1.54, 1.807) is 37.4 Å². The van der Waals surface area contributed by atoms with Crippen molar-refractivity contribution in [3.63, 3.8) is 0 Å². The summed E-state index contributed by atoms with van der Waals surface area (Å²) in [5.41, 5.74) is 1.63. The summed E-state index contributed by atoms with van der Waals surface area (Å²) in [4.78, 5) is 30.5. The van der Waals surface area contributed by atoms with E-state index in [0.717, 1.165) is 4.47 Å². The highest BCUT2D eigenvalue weighted by molar-refractivity contribution is 9.10. The van der Waals surface area contributed by atoms with Crippen LogP contribution in [0, 0.1) is 0 Å². The maximum atomic E-state index is 13.3. The monoisotopic (exact) mass is 495 g/mol. The molecule has 31 heavy (non-hydrogen) atoms. The third-order valence-corrected chi connectivity index (χ3v) is 6.00. The number of fused-ring (bicyclic) bond motifs is 1. The summed E-state index contributed by atoms with van der Waals surface area (Å²) in [5, 5.41) is 3.77. The smallest absolute Gasteiger partial charge is 0.266 e. The largest absolute Gasteiger partial charge is 0.495 e. The first-order valence-corrected chi connectivity index (χ1v) is 11.2. The van der Waals surface area contributed by atoms with Gasteiger partial charge in [-0.3, -0.25) is 14.2 Å². The quantitative estimate of drug-likeness (QED) is 0.304. The van der Waals surface area contributed by atoms with Crippen LogP contribution in [0.5, 0.6) is 5.75 Å². The minimum absolute atomic E-state index is 0.0932. The van der Waals surface area contributed by atoms with Gasteiger partial charge in [0, 0.05) is 10.2 Å². The van der Waals surface area contributed by atoms with Crippen LogP contribution in [0.4, 0.5) is 5.69 Å². The Bertz CT molecular complexity index is 1310. The van der Waals surface area contributed by atoms with Gasteiger partial charge in [0.15, 0.2) is 5.16 Å². The fraction of sp³-hybridized carbons (Fsp3) is 0.0870. The van der Waals surface area contributed by atoms with Crippen molar-refractivity contribution in [2.75, 3.05) is 18.2 Å². The highest BCUT2D eigenvalue weighted by Crippen LogP contribution is 2.27. The molecule has 156 valence electrons. The third-order valence-electron chi connectivity index (χ3n) is 4.53. The number of carbonyl (C=O) groups is 1. The molecule has 4 aromatic rings. The lowest BCUT2D eigenvalue weighted by molar-refractivity contribution is -0.113. The summed E-state index contributed by atoms with van der Waals surface area (Å²) in [7, 11) is 1.55. The van der Waals surface area contributed by atoms with Crippen molar-refractivity contribution >= 4 is 50.2 Å². The summed E-state index contributed by atoms with van der Waals surface area (Å²) in [6.45, 7) is 0. The van der Waals surface area contributed by atoms with Crippen LogP contribution in [0.15, 0.2) is 87.2 Å². The number of aromatic nitrogens is 2. The van der Waals surface area contributed by atoms with Crippen LogP contribution < -0.4 is 15.6 Å². The molecule has 0 saturated heterocycles. The molecule has 0 atom stereocenters. The van der Waals surface area contributed by atoms with Crippen LogP contribution in [-0.2, 0) is 4.79 Å². The Labute approximate surface area is 191 Å². The Morgan fingerprint density at radius 2 is 1.77 bits per heavy atom. The van der Waals surface area contributed by atoms with E-state index in [1.807, 2.05) is 42.5 Å². The van der Waals surface area contributed by atoms with Gasteiger partial charge in [-0.25, -0.2) is 4.98 Å². The van der Waals surface area contributed by atoms with E-state index < -0.39 is 0 Å². The van der Waals surface area contributed by atoms with E-state index in [2.05, 4.69) is 26.2 Å². The highest BCUT2D eigenvalue weighted by Gasteiger charge is 2.17. The molecule has 0 radical (unpaired) electrons. The number of hydrogen-bond donors (Lipinski definition) is 1. The van der Waals surface area contributed by atoms with Gasteiger partial charge < -0.3 is 10.1 Å². The molecule has 0 bridgehead atoms. The van der Waals surface area contributed by atoms with E-state index in [9.17, 15) is 9.59 Å². The molecular weight excluding hydrogens is 478 g/mol. The zero-order chi connectivity index (χ0) is 21.8. The molecule has 1 aromatic heterocycles. The van der Waals surface area contributed by atoms with Gasteiger partial charge >= 0.3 is 0 Å². The average molecular weight is 496 g/mol. The summed E-state index contributed by atoms with van der Waals surface area (Å²) < 4.78 is 7.89. The number of carbonyl (C=O) groups excluding carboxylic acids is 1. The molecular formula is C23H18BrN3O3S. The van der Waals surface area contributed by atoms with E-state index in [0.29, 0.717) is 33.2 Å². The molecule has 4 rings (SSSR count). The van der Waals surface area contributed by atoms with Gasteiger partial charge in [0.2, 0.25) is 5.91 Å². The van der Waals surface area contributed by atoms with Crippen molar-refractivity contribution in [1.29, 1.82) is 0 Å². The number of para-hydroxylation sites is 3. The zero-order valence-corrected chi connectivity index (χ0v) is 18.9. The van der Waals surface area contributed by atoms with Crippen molar-refractivity contribution in [3.05, 3.63) is 87.6 Å². The van der Waals surface area contributed by atoms with Crippen molar-refractivity contribution in [1.82, 2.24) is 9.55 Å². The van der Waals surface area contributed by atoms with Crippen molar-refractivity contribution < 1.29 is 9.53 Å². The number of rotatable bonds is 6. The van der Waals surface area contributed by atoms with Gasteiger partial charge in [0.25, 0.3) is 5.56 Å². The topological polar surface area (TPSA) is 73.2 Å². The van der Waals surface area contributed by atoms with Gasteiger partial charge in [-0.15, -0.1) is 0 Å². The van der Waals surface area contributed by atoms with Gasteiger partial charge in [0.1, 0.15) is 5.75 Å². The Morgan fingerprint density at radius 3 is 2.55 bits per heavy atom. The molecule has 6 nitrogen and oxygen atoms in total. The van der Waals surface area contributed by atoms with Crippen LogP contribution in [0.1, 0.15) is 0 Å². The second kappa shape index (κ2) is 9.36. The summed E-state index contributed by atoms with van der Waals surface area (Å²) in [5.74, 6) is 0.444. The van der Waals surface area contributed by atoms with Crippen molar-refractivity contribution in [3.8, 4) is 11.4 Å². The number of benzene rings is 3. The van der Waals surface area contributed by atoms with E-state index in [1.165, 1.54) is 16.3 Å². The van der Waals surface area contributed by atoms with Crippen LogP contribution in [0.25, 0.3) is 16.6 Å². The summed E-state index contributed by atoms with van der Waals surface area (Å²) >= 11 is 4.57. The fourth-order valence-corrected chi connectivity index (χ4v) is 4.17. The summed E-state index contributed by atoms with van der Waals surface area (Å²) in [6, 6.07) is 21.7. The zero-order valence-electron chi connectivity index (χ0n) is 16.5.